The second-order valence-corrected chi connectivity index (χ2v) is 6.01. The number of carbonyl (C=O) groups excluding carboxylic acids is 1. The van der Waals surface area contributed by atoms with Gasteiger partial charge in [-0.2, -0.15) is 0 Å². The third-order valence-corrected chi connectivity index (χ3v) is 4.26. The predicted octanol–water partition coefficient (Wildman–Crippen LogP) is 3.41. The summed E-state index contributed by atoms with van der Waals surface area (Å²) in [6.45, 7) is 2.32. The molecule has 2 aromatic carbocycles. The molecule has 0 bridgehead atoms. The summed E-state index contributed by atoms with van der Waals surface area (Å²) in [5, 5.41) is 2.96. The van der Waals surface area contributed by atoms with Gasteiger partial charge in [-0.05, 0) is 47.1 Å². The first kappa shape index (κ1) is 14.9. The van der Waals surface area contributed by atoms with Gasteiger partial charge >= 0.3 is 0 Å². The van der Waals surface area contributed by atoms with Crippen LogP contribution in [0.3, 0.4) is 0 Å². The van der Waals surface area contributed by atoms with Crippen LogP contribution in [0.15, 0.2) is 53.0 Å². The Morgan fingerprint density at radius 3 is 2.64 bits per heavy atom. The molecule has 114 valence electrons. The van der Waals surface area contributed by atoms with Gasteiger partial charge in [0.05, 0.1) is 11.6 Å². The second-order valence-electron chi connectivity index (χ2n) is 5.16. The highest BCUT2D eigenvalue weighted by Crippen LogP contribution is 2.31. The zero-order chi connectivity index (χ0) is 15.5. The zero-order valence-corrected chi connectivity index (χ0v) is 13.7. The van der Waals surface area contributed by atoms with Crippen LogP contribution in [0.5, 0.6) is 11.5 Å². The molecule has 2 aromatic rings. The third-order valence-electron chi connectivity index (χ3n) is 3.57. The zero-order valence-electron chi connectivity index (χ0n) is 12.1. The Balaban J connectivity index is 1.67. The molecule has 1 aliphatic rings. The van der Waals surface area contributed by atoms with E-state index in [1.54, 1.807) is 6.07 Å². The first-order valence-corrected chi connectivity index (χ1v) is 7.88. The highest BCUT2D eigenvalue weighted by Gasteiger charge is 2.27. The number of halogens is 1. The van der Waals surface area contributed by atoms with E-state index in [2.05, 4.69) is 21.2 Å². The number of nitrogens with one attached hydrogen (secondary N) is 1. The van der Waals surface area contributed by atoms with Crippen LogP contribution in [0, 0.1) is 0 Å². The minimum absolute atomic E-state index is 0.137. The van der Waals surface area contributed by atoms with Crippen molar-refractivity contribution in [3.8, 4) is 11.5 Å². The standard InChI is InChI=1S/C17H16BrNO3/c1-11(19-17(20)12-6-2-3-7-13(12)18)16-10-21-14-8-4-5-9-15(14)22-16/h2-9,11,16H,10H2,1H3,(H,19,20)/t11-,16-/m0/s1. The van der Waals surface area contributed by atoms with Crippen molar-refractivity contribution in [2.45, 2.75) is 19.1 Å². The van der Waals surface area contributed by atoms with Gasteiger partial charge < -0.3 is 14.8 Å². The number of benzene rings is 2. The van der Waals surface area contributed by atoms with Gasteiger partial charge in [-0.1, -0.05) is 24.3 Å². The lowest BCUT2D eigenvalue weighted by atomic mass is 10.1. The van der Waals surface area contributed by atoms with Crippen LogP contribution in [0.25, 0.3) is 0 Å². The monoisotopic (exact) mass is 361 g/mol. The Bertz CT molecular complexity index is 689. The number of hydrogen-bond donors (Lipinski definition) is 1. The van der Waals surface area contributed by atoms with Crippen LogP contribution in [-0.2, 0) is 0 Å². The smallest absolute Gasteiger partial charge is 0.252 e. The molecular weight excluding hydrogens is 346 g/mol. The molecule has 0 saturated carbocycles. The van der Waals surface area contributed by atoms with Gasteiger partial charge in [0.15, 0.2) is 17.6 Å². The largest absolute Gasteiger partial charge is 0.486 e. The molecular formula is C17H16BrNO3. The van der Waals surface area contributed by atoms with Crippen LogP contribution in [0.2, 0.25) is 0 Å². The van der Waals surface area contributed by atoms with Crippen molar-refractivity contribution in [2.75, 3.05) is 6.61 Å². The summed E-state index contributed by atoms with van der Waals surface area (Å²) in [7, 11) is 0. The summed E-state index contributed by atoms with van der Waals surface area (Å²) in [5.41, 5.74) is 0.603. The number of rotatable bonds is 3. The van der Waals surface area contributed by atoms with Crippen LogP contribution >= 0.6 is 15.9 Å². The van der Waals surface area contributed by atoms with Crippen LogP contribution in [0.4, 0.5) is 0 Å². The van der Waals surface area contributed by atoms with Crippen molar-refractivity contribution in [3.63, 3.8) is 0 Å². The van der Waals surface area contributed by atoms with Gasteiger partial charge in [0, 0.05) is 4.47 Å². The lowest BCUT2D eigenvalue weighted by Gasteiger charge is -2.30. The molecule has 1 N–H and O–H groups in total. The van der Waals surface area contributed by atoms with E-state index in [0.29, 0.717) is 17.9 Å². The fraction of sp³-hybridized carbons (Fsp3) is 0.235. The first-order valence-electron chi connectivity index (χ1n) is 7.09. The van der Waals surface area contributed by atoms with Gasteiger partial charge in [0.1, 0.15) is 6.61 Å². The van der Waals surface area contributed by atoms with E-state index in [-0.39, 0.29) is 18.1 Å². The fourth-order valence-electron chi connectivity index (χ4n) is 2.31. The topological polar surface area (TPSA) is 47.6 Å². The molecule has 5 heteroatoms. The highest BCUT2D eigenvalue weighted by molar-refractivity contribution is 9.10. The van der Waals surface area contributed by atoms with Gasteiger partial charge in [0.25, 0.3) is 5.91 Å². The van der Waals surface area contributed by atoms with Crippen LogP contribution < -0.4 is 14.8 Å². The average molecular weight is 362 g/mol. The van der Waals surface area contributed by atoms with Crippen molar-refractivity contribution in [3.05, 3.63) is 58.6 Å². The quantitative estimate of drug-likeness (QED) is 0.911. The fourth-order valence-corrected chi connectivity index (χ4v) is 2.77. The molecule has 22 heavy (non-hydrogen) atoms. The summed E-state index contributed by atoms with van der Waals surface area (Å²) in [5.74, 6) is 1.31. The molecule has 0 fully saturated rings. The van der Waals surface area contributed by atoms with E-state index >= 15 is 0 Å². The minimum Gasteiger partial charge on any atom is -0.486 e. The van der Waals surface area contributed by atoms with Crippen molar-refractivity contribution in [1.82, 2.24) is 5.32 Å². The number of hydrogen-bond acceptors (Lipinski definition) is 3. The Labute approximate surface area is 137 Å². The molecule has 0 aromatic heterocycles. The lowest BCUT2D eigenvalue weighted by Crippen LogP contribution is -2.48. The molecule has 1 heterocycles. The molecule has 1 aliphatic heterocycles. The number of ether oxygens (including phenoxy) is 2. The maximum absolute atomic E-state index is 12.3. The maximum Gasteiger partial charge on any atom is 0.252 e. The van der Waals surface area contributed by atoms with Gasteiger partial charge in [-0.25, -0.2) is 0 Å². The minimum atomic E-state index is -0.221. The highest BCUT2D eigenvalue weighted by atomic mass is 79.9. The Hall–Kier alpha value is -2.01. The van der Waals surface area contributed by atoms with Crippen LogP contribution in [-0.4, -0.2) is 24.7 Å². The normalized spacial score (nSPS) is 17.6. The number of carbonyl (C=O) groups is 1. The number of fused-ring (bicyclic) bond motifs is 1. The molecule has 1 amide bonds. The molecule has 0 aliphatic carbocycles. The van der Waals surface area contributed by atoms with E-state index in [9.17, 15) is 4.79 Å². The lowest BCUT2D eigenvalue weighted by molar-refractivity contribution is 0.0606. The van der Waals surface area contributed by atoms with Crippen molar-refractivity contribution >= 4 is 21.8 Å². The molecule has 0 saturated heterocycles. The van der Waals surface area contributed by atoms with Gasteiger partial charge in [-0.3, -0.25) is 4.79 Å². The van der Waals surface area contributed by atoms with E-state index in [0.717, 1.165) is 10.2 Å². The summed E-state index contributed by atoms with van der Waals surface area (Å²) < 4.78 is 12.4. The number of para-hydroxylation sites is 2. The Morgan fingerprint density at radius 1 is 1.18 bits per heavy atom. The summed E-state index contributed by atoms with van der Waals surface area (Å²) >= 11 is 3.39. The molecule has 3 rings (SSSR count). The third kappa shape index (κ3) is 3.09. The van der Waals surface area contributed by atoms with Gasteiger partial charge in [0.2, 0.25) is 0 Å². The molecule has 0 radical (unpaired) electrons. The predicted molar refractivity (Wildman–Crippen MR) is 87.4 cm³/mol. The summed E-state index contributed by atoms with van der Waals surface area (Å²) in [6.07, 6.45) is -0.221. The van der Waals surface area contributed by atoms with Crippen LogP contribution in [0.1, 0.15) is 17.3 Å². The Morgan fingerprint density at radius 2 is 1.86 bits per heavy atom. The SMILES string of the molecule is C[C@H](NC(=O)c1ccccc1Br)[C@@H]1COc2ccccc2O1. The van der Waals surface area contributed by atoms with Crippen molar-refractivity contribution < 1.29 is 14.3 Å². The Kier molecular flexibility index (Phi) is 4.34. The molecule has 2 atom stereocenters. The maximum atomic E-state index is 12.3. The van der Waals surface area contributed by atoms with Gasteiger partial charge in [-0.15, -0.1) is 0 Å². The average Bonchev–Trinajstić information content (AvgIpc) is 2.54. The van der Waals surface area contributed by atoms with E-state index in [4.69, 9.17) is 9.47 Å². The van der Waals surface area contributed by atoms with E-state index in [1.165, 1.54) is 0 Å². The molecule has 0 spiro atoms. The van der Waals surface area contributed by atoms with Crippen molar-refractivity contribution in [1.29, 1.82) is 0 Å². The molecule has 0 unspecified atom stereocenters. The van der Waals surface area contributed by atoms with E-state index < -0.39 is 0 Å². The molecule has 4 nitrogen and oxygen atoms in total. The van der Waals surface area contributed by atoms with E-state index in [1.807, 2.05) is 49.4 Å². The van der Waals surface area contributed by atoms with Crippen molar-refractivity contribution in [2.24, 2.45) is 0 Å². The first-order chi connectivity index (χ1) is 10.6. The summed E-state index contributed by atoms with van der Waals surface area (Å²) in [6, 6.07) is 14.7. The number of amides is 1. The second kappa shape index (κ2) is 6.40. The summed E-state index contributed by atoms with van der Waals surface area (Å²) in [4.78, 5) is 12.3.